The minimum atomic E-state index is -0.650. The molecule has 12 heteroatoms. The number of hydrogen-bond donors (Lipinski definition) is 4. The molecule has 0 spiro atoms. The van der Waals surface area contributed by atoms with Gasteiger partial charge in [0.25, 0.3) is 17.7 Å². The van der Waals surface area contributed by atoms with Crippen LogP contribution in [0.15, 0.2) is 119 Å². The molecule has 0 aromatic heterocycles. The fourth-order valence-corrected chi connectivity index (χ4v) is 5.72. The molecule has 6 rings (SSSR count). The van der Waals surface area contributed by atoms with Crippen molar-refractivity contribution in [2.45, 2.75) is 13.8 Å². The molecule has 0 atom stereocenters. The Morgan fingerprint density at radius 1 is 0.654 bits per heavy atom. The Bertz CT molecular complexity index is 2400. The van der Waals surface area contributed by atoms with Crippen LogP contribution in [0.3, 0.4) is 0 Å². The number of carbonyl (C=O) groups excluding carboxylic acids is 3. The highest BCUT2D eigenvalue weighted by molar-refractivity contribution is 6.31. The molecule has 10 nitrogen and oxygen atoms in total. The van der Waals surface area contributed by atoms with Gasteiger partial charge >= 0.3 is 0 Å². The molecule has 0 radical (unpaired) electrons. The number of halogens is 2. The van der Waals surface area contributed by atoms with E-state index in [2.05, 4.69) is 26.2 Å². The van der Waals surface area contributed by atoms with Gasteiger partial charge in [0, 0.05) is 43.6 Å². The van der Waals surface area contributed by atoms with Gasteiger partial charge in [-0.3, -0.25) is 14.4 Å². The monoisotopic (exact) mass is 731 g/mol. The first-order chi connectivity index (χ1) is 25.0. The number of carbonyl (C=O) groups is 3. The van der Waals surface area contributed by atoms with Crippen LogP contribution in [0.25, 0.3) is 10.8 Å². The van der Waals surface area contributed by atoms with Crippen molar-refractivity contribution >= 4 is 80.1 Å². The van der Waals surface area contributed by atoms with Crippen molar-refractivity contribution in [1.82, 2.24) is 0 Å². The molecule has 0 aliphatic carbocycles. The Hall–Kier alpha value is -6.23. The van der Waals surface area contributed by atoms with E-state index in [0.717, 1.165) is 11.1 Å². The molecule has 0 bridgehead atoms. The topological polar surface area (TPSA) is 141 Å². The van der Waals surface area contributed by atoms with Crippen LogP contribution in [0, 0.1) is 13.8 Å². The fourth-order valence-electron chi connectivity index (χ4n) is 5.37. The second kappa shape index (κ2) is 15.3. The number of nitrogens with one attached hydrogen (secondary N) is 3. The number of para-hydroxylation sites is 1. The SMILES string of the molecule is COc1ccc(C(=O)Nc2ccccc2)cc1N=Nc1c(O)c(C(=O)Nc2cc(Cl)ccc2C)cc2cc(C(=O)Nc3cc(Cl)ccc3C)ccc12. The van der Waals surface area contributed by atoms with Gasteiger partial charge < -0.3 is 25.8 Å². The number of anilines is 3. The minimum Gasteiger partial charge on any atom is -0.505 e. The molecule has 260 valence electrons. The van der Waals surface area contributed by atoms with Crippen LogP contribution in [-0.4, -0.2) is 29.9 Å². The number of ether oxygens (including phenoxy) is 1. The van der Waals surface area contributed by atoms with Crippen molar-refractivity contribution in [2.75, 3.05) is 23.1 Å². The molecule has 3 amide bonds. The number of amides is 3. The zero-order valence-corrected chi connectivity index (χ0v) is 29.6. The van der Waals surface area contributed by atoms with Gasteiger partial charge in [0.05, 0.1) is 12.7 Å². The standard InChI is InChI=1S/C40H31Cl2N5O5/c1-22-9-13-27(41)20-32(22)44-39(50)24-11-15-30-26(17-24)18-31(40(51)45-33-21-28(42)14-10-23(33)2)37(48)36(30)47-46-34-19-25(12-16-35(34)52-3)38(49)43-29-7-5-4-6-8-29/h4-21,48H,1-3H3,(H,43,49)(H,44,50)(H,45,51). The number of methoxy groups -OCH3 is 1. The van der Waals surface area contributed by atoms with E-state index in [9.17, 15) is 19.5 Å². The van der Waals surface area contributed by atoms with Gasteiger partial charge in [-0.1, -0.05) is 59.6 Å². The highest BCUT2D eigenvalue weighted by Crippen LogP contribution is 2.41. The normalized spacial score (nSPS) is 11.0. The van der Waals surface area contributed by atoms with Crippen molar-refractivity contribution in [2.24, 2.45) is 10.2 Å². The van der Waals surface area contributed by atoms with Crippen LogP contribution in [0.1, 0.15) is 42.2 Å². The number of aryl methyl sites for hydroxylation is 2. The maximum Gasteiger partial charge on any atom is 0.259 e. The first kappa shape index (κ1) is 35.6. The third kappa shape index (κ3) is 7.88. The average molecular weight is 733 g/mol. The predicted octanol–water partition coefficient (Wildman–Crippen LogP) is 10.6. The number of hydrogen-bond acceptors (Lipinski definition) is 7. The van der Waals surface area contributed by atoms with Crippen LogP contribution < -0.4 is 20.7 Å². The van der Waals surface area contributed by atoms with Gasteiger partial charge in [-0.25, -0.2) is 0 Å². The molecular weight excluding hydrogens is 701 g/mol. The number of benzene rings is 6. The van der Waals surface area contributed by atoms with Gasteiger partial charge in [-0.05, 0) is 103 Å². The molecule has 0 saturated heterocycles. The van der Waals surface area contributed by atoms with Gasteiger partial charge in [-0.2, -0.15) is 0 Å². The molecule has 0 saturated carbocycles. The summed E-state index contributed by atoms with van der Waals surface area (Å²) in [5.41, 5.74) is 3.73. The highest BCUT2D eigenvalue weighted by atomic mass is 35.5. The van der Waals surface area contributed by atoms with Gasteiger partial charge in [0.1, 0.15) is 17.1 Å². The molecule has 0 aliphatic heterocycles. The third-order valence-corrected chi connectivity index (χ3v) is 8.69. The second-order valence-electron chi connectivity index (χ2n) is 11.8. The Morgan fingerprint density at radius 3 is 1.90 bits per heavy atom. The molecule has 6 aromatic rings. The largest absolute Gasteiger partial charge is 0.505 e. The van der Waals surface area contributed by atoms with Crippen molar-refractivity contribution in [1.29, 1.82) is 0 Å². The van der Waals surface area contributed by atoms with Crippen LogP contribution in [0.4, 0.5) is 28.4 Å². The van der Waals surface area contributed by atoms with E-state index < -0.39 is 17.6 Å². The lowest BCUT2D eigenvalue weighted by Gasteiger charge is -2.14. The van der Waals surface area contributed by atoms with E-state index in [1.54, 1.807) is 97.9 Å². The Labute approximate surface area is 309 Å². The van der Waals surface area contributed by atoms with Gasteiger partial charge in [0.15, 0.2) is 5.75 Å². The molecule has 0 heterocycles. The lowest BCUT2D eigenvalue weighted by atomic mass is 10.00. The molecule has 52 heavy (non-hydrogen) atoms. The van der Waals surface area contributed by atoms with Crippen LogP contribution in [-0.2, 0) is 0 Å². The number of fused-ring (bicyclic) bond motifs is 1. The fraction of sp³-hybridized carbons (Fsp3) is 0.0750. The molecular formula is C40H31Cl2N5O5. The van der Waals surface area contributed by atoms with Crippen LogP contribution in [0.2, 0.25) is 10.0 Å². The summed E-state index contributed by atoms with van der Waals surface area (Å²) in [6, 6.07) is 30.1. The summed E-state index contributed by atoms with van der Waals surface area (Å²) in [6.07, 6.45) is 0. The summed E-state index contributed by atoms with van der Waals surface area (Å²) in [5.74, 6) is -1.60. The van der Waals surface area contributed by atoms with Crippen molar-refractivity contribution in [3.63, 3.8) is 0 Å². The van der Waals surface area contributed by atoms with E-state index in [-0.39, 0.29) is 34.0 Å². The third-order valence-electron chi connectivity index (χ3n) is 8.22. The predicted molar refractivity (Wildman–Crippen MR) is 205 cm³/mol. The lowest BCUT2D eigenvalue weighted by Crippen LogP contribution is -2.14. The van der Waals surface area contributed by atoms with E-state index in [1.165, 1.54) is 19.2 Å². The Kier molecular flexibility index (Phi) is 10.5. The summed E-state index contributed by atoms with van der Waals surface area (Å²) in [4.78, 5) is 40.2. The lowest BCUT2D eigenvalue weighted by molar-refractivity contribution is 0.101. The zero-order chi connectivity index (χ0) is 36.9. The zero-order valence-electron chi connectivity index (χ0n) is 28.1. The molecule has 0 unspecified atom stereocenters. The Balaban J connectivity index is 1.42. The maximum absolute atomic E-state index is 13.7. The van der Waals surface area contributed by atoms with E-state index in [4.69, 9.17) is 27.9 Å². The van der Waals surface area contributed by atoms with Crippen LogP contribution in [0.5, 0.6) is 11.5 Å². The number of rotatable bonds is 9. The van der Waals surface area contributed by atoms with Crippen LogP contribution >= 0.6 is 23.2 Å². The van der Waals surface area contributed by atoms with Crippen molar-refractivity contribution < 1.29 is 24.2 Å². The van der Waals surface area contributed by atoms with Gasteiger partial charge in [-0.15, -0.1) is 10.2 Å². The number of azo groups is 1. The summed E-state index contributed by atoms with van der Waals surface area (Å²) >= 11 is 12.4. The summed E-state index contributed by atoms with van der Waals surface area (Å²) in [5, 5.41) is 30.5. The number of phenols is 1. The molecule has 0 fully saturated rings. The summed E-state index contributed by atoms with van der Waals surface area (Å²) < 4.78 is 5.48. The van der Waals surface area contributed by atoms with Crippen molar-refractivity contribution in [3.05, 3.63) is 147 Å². The van der Waals surface area contributed by atoms with Gasteiger partial charge in [0.2, 0.25) is 0 Å². The van der Waals surface area contributed by atoms with E-state index >= 15 is 0 Å². The smallest absolute Gasteiger partial charge is 0.259 e. The molecule has 0 aliphatic rings. The minimum absolute atomic E-state index is 0.0516. The first-order valence-electron chi connectivity index (χ1n) is 15.9. The average Bonchev–Trinajstić information content (AvgIpc) is 3.14. The Morgan fingerprint density at radius 2 is 1.25 bits per heavy atom. The molecule has 4 N–H and O–H groups in total. The van der Waals surface area contributed by atoms with E-state index in [0.29, 0.717) is 43.6 Å². The second-order valence-corrected chi connectivity index (χ2v) is 12.7. The summed E-state index contributed by atoms with van der Waals surface area (Å²) in [7, 11) is 1.45. The maximum atomic E-state index is 13.7. The highest BCUT2D eigenvalue weighted by Gasteiger charge is 2.21. The van der Waals surface area contributed by atoms with Crippen molar-refractivity contribution in [3.8, 4) is 11.5 Å². The number of aromatic hydroxyl groups is 1. The first-order valence-corrected chi connectivity index (χ1v) is 16.7. The molecule has 6 aromatic carbocycles. The number of nitrogens with zero attached hydrogens (tertiary/aromatic N) is 2. The quantitative estimate of drug-likeness (QED) is 0.110. The van der Waals surface area contributed by atoms with E-state index in [1.807, 2.05) is 13.0 Å². The number of phenolic OH excluding ortho intramolecular Hbond substituents is 1. The summed E-state index contributed by atoms with van der Waals surface area (Å²) in [6.45, 7) is 3.65.